The molecule has 0 radical (unpaired) electrons. The second kappa shape index (κ2) is 8.79. The van der Waals surface area contributed by atoms with Gasteiger partial charge in [0.25, 0.3) is 0 Å². The minimum Gasteiger partial charge on any atom is -0.505 e. The molecule has 3 aromatic carbocycles. The van der Waals surface area contributed by atoms with Gasteiger partial charge in [-0.05, 0) is 70.8 Å². The summed E-state index contributed by atoms with van der Waals surface area (Å²) in [5, 5.41) is 20.8. The topological polar surface area (TPSA) is 70.4 Å². The van der Waals surface area contributed by atoms with Crippen LogP contribution in [0.5, 0.6) is 5.75 Å². The van der Waals surface area contributed by atoms with Crippen LogP contribution in [-0.2, 0) is 12.8 Å². The first-order valence-electron chi connectivity index (χ1n) is 10.5. The van der Waals surface area contributed by atoms with E-state index < -0.39 is 5.97 Å². The molecule has 0 fully saturated rings. The molecule has 4 rings (SSSR count). The molecule has 0 atom stereocenters. The zero-order valence-electron chi connectivity index (χ0n) is 18.0. The van der Waals surface area contributed by atoms with Crippen molar-refractivity contribution in [2.75, 3.05) is 0 Å². The molecule has 0 aliphatic heterocycles. The molecule has 2 N–H and O–H groups in total. The van der Waals surface area contributed by atoms with Crippen molar-refractivity contribution in [2.45, 2.75) is 32.6 Å². The Morgan fingerprint density at radius 1 is 0.938 bits per heavy atom. The van der Waals surface area contributed by atoms with E-state index in [1.165, 1.54) is 23.8 Å². The van der Waals surface area contributed by atoms with Crippen LogP contribution < -0.4 is 0 Å². The monoisotopic (exact) mass is 429 g/mol. The molecule has 0 saturated heterocycles. The molecule has 0 aliphatic carbocycles. The van der Waals surface area contributed by atoms with Crippen LogP contribution in [0.2, 0.25) is 0 Å². The maximum atomic E-state index is 13.2. The molecule has 0 spiro atoms. The largest absolute Gasteiger partial charge is 0.505 e. The van der Waals surface area contributed by atoms with Gasteiger partial charge < -0.3 is 10.2 Å². The Kier molecular flexibility index (Phi) is 5.91. The number of carbonyl (C=O) groups is 1. The van der Waals surface area contributed by atoms with Crippen molar-refractivity contribution in [1.29, 1.82) is 0 Å². The summed E-state index contributed by atoms with van der Waals surface area (Å²) >= 11 is 0. The number of hydrogen-bond acceptors (Lipinski definition) is 3. The summed E-state index contributed by atoms with van der Waals surface area (Å²) in [7, 11) is 0. The molecular formula is C27H24FNO3. The third kappa shape index (κ3) is 4.47. The van der Waals surface area contributed by atoms with Crippen molar-refractivity contribution in [2.24, 2.45) is 0 Å². The van der Waals surface area contributed by atoms with Gasteiger partial charge in [0.2, 0.25) is 0 Å². The minimum absolute atomic E-state index is 0.162. The summed E-state index contributed by atoms with van der Waals surface area (Å²) in [6.07, 6.45) is 2.68. The predicted molar refractivity (Wildman–Crippen MR) is 123 cm³/mol. The summed E-state index contributed by atoms with van der Waals surface area (Å²) in [4.78, 5) is 16.1. The lowest BCUT2D eigenvalue weighted by atomic mass is 9.94. The Balaban J connectivity index is 1.78. The fourth-order valence-corrected chi connectivity index (χ4v) is 3.87. The van der Waals surface area contributed by atoms with Gasteiger partial charge in [0.1, 0.15) is 16.9 Å². The van der Waals surface area contributed by atoms with E-state index in [0.717, 1.165) is 22.3 Å². The van der Waals surface area contributed by atoms with Crippen molar-refractivity contribution in [1.82, 2.24) is 4.98 Å². The van der Waals surface area contributed by atoms with Gasteiger partial charge in [-0.15, -0.1) is 0 Å². The van der Waals surface area contributed by atoms with E-state index in [1.54, 1.807) is 18.3 Å². The number of aromatic carboxylic acids is 1. The van der Waals surface area contributed by atoms with Gasteiger partial charge >= 0.3 is 5.97 Å². The molecule has 0 aliphatic rings. The minimum atomic E-state index is -1.20. The number of carboxylic acids is 1. The van der Waals surface area contributed by atoms with Crippen molar-refractivity contribution in [3.05, 3.63) is 106 Å². The molecule has 0 amide bonds. The van der Waals surface area contributed by atoms with E-state index in [-0.39, 0.29) is 22.6 Å². The highest BCUT2D eigenvalue weighted by Crippen LogP contribution is 2.33. The average Bonchev–Trinajstić information content (AvgIpc) is 2.77. The number of benzene rings is 3. The van der Waals surface area contributed by atoms with Crippen LogP contribution in [-0.4, -0.2) is 21.2 Å². The highest BCUT2D eigenvalue weighted by molar-refractivity contribution is 6.00. The van der Waals surface area contributed by atoms with Gasteiger partial charge in [0.15, 0.2) is 5.75 Å². The molecule has 0 unspecified atom stereocenters. The van der Waals surface area contributed by atoms with Crippen LogP contribution in [0.4, 0.5) is 4.39 Å². The number of carboxylic acid groups (broad SMARTS) is 1. The second-order valence-electron chi connectivity index (χ2n) is 8.35. The predicted octanol–water partition coefficient (Wildman–Crippen LogP) is 6.08. The summed E-state index contributed by atoms with van der Waals surface area (Å²) in [6, 6.07) is 18.0. The summed E-state index contributed by atoms with van der Waals surface area (Å²) in [5.41, 5.74) is 4.99. The van der Waals surface area contributed by atoms with E-state index in [0.29, 0.717) is 24.1 Å². The summed E-state index contributed by atoms with van der Waals surface area (Å²) < 4.78 is 13.2. The number of hydrogen-bond donors (Lipinski definition) is 2. The molecule has 5 heteroatoms. The molecule has 32 heavy (non-hydrogen) atoms. The Hall–Kier alpha value is -3.73. The summed E-state index contributed by atoms with van der Waals surface area (Å²) in [5.74, 6) is -1.39. The molecule has 4 aromatic rings. The number of pyridine rings is 1. The number of nitrogens with zero attached hydrogens (tertiary/aromatic N) is 1. The van der Waals surface area contributed by atoms with Crippen LogP contribution >= 0.6 is 0 Å². The summed E-state index contributed by atoms with van der Waals surface area (Å²) in [6.45, 7) is 4.27. The van der Waals surface area contributed by atoms with Gasteiger partial charge in [-0.2, -0.15) is 0 Å². The van der Waals surface area contributed by atoms with Gasteiger partial charge in [-0.25, -0.2) is 9.18 Å². The quantitative estimate of drug-likeness (QED) is 0.390. The lowest BCUT2D eigenvalue weighted by molar-refractivity contribution is 0.0694. The maximum absolute atomic E-state index is 13.2. The first kappa shape index (κ1) is 21.5. The van der Waals surface area contributed by atoms with Crippen LogP contribution in [0.25, 0.3) is 10.9 Å². The van der Waals surface area contributed by atoms with E-state index in [1.807, 2.05) is 18.2 Å². The van der Waals surface area contributed by atoms with E-state index in [2.05, 4.69) is 31.0 Å². The standard InChI is InChI=1S/C27H24FNO3/c1-16(2)20-7-3-18(4-8-20)12-21-14-24(27(31)32)26(30)25-23(21)13-19(15-29-25)11-17-5-9-22(28)10-6-17/h3-10,13-16,30H,11-12H2,1-2H3,(H,31,32). The van der Waals surface area contributed by atoms with Gasteiger partial charge in [-0.1, -0.05) is 50.2 Å². The first-order valence-corrected chi connectivity index (χ1v) is 10.5. The first-order chi connectivity index (χ1) is 15.3. The number of aromatic hydroxyl groups is 1. The fourth-order valence-electron chi connectivity index (χ4n) is 3.87. The molecule has 4 nitrogen and oxygen atoms in total. The number of halogens is 1. The Morgan fingerprint density at radius 3 is 2.19 bits per heavy atom. The number of aromatic nitrogens is 1. The SMILES string of the molecule is CC(C)c1ccc(Cc2cc(C(=O)O)c(O)c3ncc(Cc4ccc(F)cc4)cc23)cc1. The van der Waals surface area contributed by atoms with Gasteiger partial charge in [0.05, 0.1) is 0 Å². The number of rotatable bonds is 6. The van der Waals surface area contributed by atoms with Gasteiger partial charge in [0, 0.05) is 11.6 Å². The zero-order valence-corrected chi connectivity index (χ0v) is 18.0. The molecular weight excluding hydrogens is 405 g/mol. The van der Waals surface area contributed by atoms with E-state index in [9.17, 15) is 19.4 Å². The lowest BCUT2D eigenvalue weighted by Gasteiger charge is -2.13. The van der Waals surface area contributed by atoms with E-state index in [4.69, 9.17) is 0 Å². The molecule has 1 aromatic heterocycles. The van der Waals surface area contributed by atoms with Crippen molar-refractivity contribution < 1.29 is 19.4 Å². The highest BCUT2D eigenvalue weighted by atomic mass is 19.1. The maximum Gasteiger partial charge on any atom is 0.339 e. The van der Waals surface area contributed by atoms with Crippen molar-refractivity contribution >= 4 is 16.9 Å². The smallest absolute Gasteiger partial charge is 0.339 e. The number of phenols is 1. The normalized spacial score (nSPS) is 11.2. The molecule has 162 valence electrons. The highest BCUT2D eigenvalue weighted by Gasteiger charge is 2.18. The van der Waals surface area contributed by atoms with Crippen LogP contribution in [0.1, 0.15) is 57.9 Å². The van der Waals surface area contributed by atoms with Crippen LogP contribution in [0, 0.1) is 5.82 Å². The van der Waals surface area contributed by atoms with Crippen LogP contribution in [0.15, 0.2) is 66.9 Å². The Bertz CT molecular complexity index is 1280. The molecule has 1 heterocycles. The fraction of sp³-hybridized carbons (Fsp3) is 0.185. The Labute approximate surface area is 186 Å². The van der Waals surface area contributed by atoms with Crippen LogP contribution in [0.3, 0.4) is 0 Å². The third-order valence-electron chi connectivity index (χ3n) is 5.68. The zero-order chi connectivity index (χ0) is 22.8. The molecule has 0 bridgehead atoms. The van der Waals surface area contributed by atoms with Crippen molar-refractivity contribution in [3.63, 3.8) is 0 Å². The van der Waals surface area contributed by atoms with Crippen molar-refractivity contribution in [3.8, 4) is 5.75 Å². The third-order valence-corrected chi connectivity index (χ3v) is 5.68. The molecule has 0 saturated carbocycles. The lowest BCUT2D eigenvalue weighted by Crippen LogP contribution is -2.02. The van der Waals surface area contributed by atoms with Gasteiger partial charge in [-0.3, -0.25) is 4.98 Å². The average molecular weight is 429 g/mol. The second-order valence-corrected chi connectivity index (χ2v) is 8.35. The Morgan fingerprint density at radius 2 is 1.56 bits per heavy atom. The number of fused-ring (bicyclic) bond motifs is 1. The van der Waals surface area contributed by atoms with E-state index >= 15 is 0 Å².